The fourth-order valence-corrected chi connectivity index (χ4v) is 2.67. The predicted molar refractivity (Wildman–Crippen MR) is 93.8 cm³/mol. The Balaban J connectivity index is 2.69. The molecule has 6 heteroatoms. The number of hydrogen-bond donors (Lipinski definition) is 0. The fourth-order valence-electron chi connectivity index (χ4n) is 2.67. The largest absolute Gasteiger partial charge is 0.466 e. The molecule has 0 saturated carbocycles. The maximum Gasteiger partial charge on any atom is 0.410 e. The highest BCUT2D eigenvalue weighted by Crippen LogP contribution is 2.20. The van der Waals surface area contributed by atoms with Gasteiger partial charge in [-0.05, 0) is 34.1 Å². The Morgan fingerprint density at radius 3 is 2.42 bits per heavy atom. The van der Waals surface area contributed by atoms with Crippen molar-refractivity contribution in [3.8, 4) is 0 Å². The van der Waals surface area contributed by atoms with E-state index in [2.05, 4.69) is 18.4 Å². The second kappa shape index (κ2) is 9.06. The predicted octanol–water partition coefficient (Wildman–Crippen LogP) is 2.83. The van der Waals surface area contributed by atoms with Crippen molar-refractivity contribution in [1.29, 1.82) is 0 Å². The number of rotatable bonds is 6. The molecule has 1 heterocycles. The minimum Gasteiger partial charge on any atom is -0.466 e. The summed E-state index contributed by atoms with van der Waals surface area (Å²) in [6, 6.07) is 0.0469. The summed E-state index contributed by atoms with van der Waals surface area (Å²) in [6.07, 6.45) is 0.901. The SMILES string of the molecule is C=C(CC)[C@@H]1CN(C(=O)OC(C)(C)C)CCN1CCC(=O)OCC. The van der Waals surface area contributed by atoms with Gasteiger partial charge in [0.1, 0.15) is 5.60 Å². The monoisotopic (exact) mass is 340 g/mol. The van der Waals surface area contributed by atoms with Crippen LogP contribution in [0, 0.1) is 0 Å². The van der Waals surface area contributed by atoms with E-state index in [-0.39, 0.29) is 18.1 Å². The molecule has 0 aliphatic carbocycles. The van der Waals surface area contributed by atoms with Crippen molar-refractivity contribution in [2.45, 2.75) is 59.1 Å². The molecule has 0 unspecified atom stereocenters. The summed E-state index contributed by atoms with van der Waals surface area (Å²) < 4.78 is 10.5. The Morgan fingerprint density at radius 1 is 1.21 bits per heavy atom. The molecule has 1 aliphatic heterocycles. The molecular weight excluding hydrogens is 308 g/mol. The van der Waals surface area contributed by atoms with Gasteiger partial charge in [0.25, 0.3) is 0 Å². The number of esters is 1. The Kier molecular flexibility index (Phi) is 7.73. The number of carbonyl (C=O) groups is 2. The molecule has 0 N–H and O–H groups in total. The zero-order valence-electron chi connectivity index (χ0n) is 15.8. The highest BCUT2D eigenvalue weighted by Gasteiger charge is 2.32. The smallest absolute Gasteiger partial charge is 0.410 e. The summed E-state index contributed by atoms with van der Waals surface area (Å²) in [7, 11) is 0. The van der Waals surface area contributed by atoms with Crippen LogP contribution in [-0.2, 0) is 14.3 Å². The molecule has 1 saturated heterocycles. The number of piperazine rings is 1. The summed E-state index contributed by atoms with van der Waals surface area (Å²) in [6.45, 7) is 16.4. The average molecular weight is 340 g/mol. The standard InChI is InChI=1S/C18H32N2O4/c1-7-14(3)15-13-20(17(22)24-18(4,5)6)12-11-19(15)10-9-16(21)23-8-2/h15H,3,7-13H2,1-2,4-6H3/t15-/m0/s1. The highest BCUT2D eigenvalue weighted by molar-refractivity contribution is 5.69. The van der Waals surface area contributed by atoms with Crippen LogP contribution in [0.4, 0.5) is 4.79 Å². The number of amides is 1. The molecule has 0 bridgehead atoms. The molecule has 1 aliphatic rings. The van der Waals surface area contributed by atoms with Crippen LogP contribution in [0.5, 0.6) is 0 Å². The Morgan fingerprint density at radius 2 is 1.88 bits per heavy atom. The van der Waals surface area contributed by atoms with E-state index in [1.54, 1.807) is 11.8 Å². The minimum atomic E-state index is -0.505. The second-order valence-corrected chi connectivity index (χ2v) is 7.04. The number of ether oxygens (including phenoxy) is 2. The van der Waals surface area contributed by atoms with Gasteiger partial charge < -0.3 is 14.4 Å². The normalized spacial score (nSPS) is 19.0. The summed E-state index contributed by atoms with van der Waals surface area (Å²) in [5, 5.41) is 0. The van der Waals surface area contributed by atoms with E-state index in [1.807, 2.05) is 20.8 Å². The lowest BCUT2D eigenvalue weighted by Gasteiger charge is -2.42. The molecule has 0 radical (unpaired) electrons. The van der Waals surface area contributed by atoms with Gasteiger partial charge in [0.05, 0.1) is 13.0 Å². The molecule has 1 rings (SSSR count). The Bertz CT molecular complexity index is 456. The van der Waals surface area contributed by atoms with Crippen LogP contribution in [0.3, 0.4) is 0 Å². The maximum absolute atomic E-state index is 12.3. The first kappa shape index (κ1) is 20.5. The molecule has 138 valence electrons. The summed E-state index contributed by atoms with van der Waals surface area (Å²) in [4.78, 5) is 27.9. The van der Waals surface area contributed by atoms with E-state index in [9.17, 15) is 9.59 Å². The minimum absolute atomic E-state index is 0.0469. The van der Waals surface area contributed by atoms with Gasteiger partial charge in [-0.15, -0.1) is 0 Å². The molecule has 24 heavy (non-hydrogen) atoms. The third kappa shape index (κ3) is 6.51. The molecule has 0 aromatic rings. The van der Waals surface area contributed by atoms with Crippen LogP contribution in [0.1, 0.15) is 47.5 Å². The molecule has 0 aromatic heterocycles. The number of hydrogen-bond acceptors (Lipinski definition) is 5. The van der Waals surface area contributed by atoms with Crippen LogP contribution in [-0.4, -0.2) is 66.3 Å². The first-order valence-corrected chi connectivity index (χ1v) is 8.73. The lowest BCUT2D eigenvalue weighted by Crippen LogP contribution is -2.56. The quantitative estimate of drug-likeness (QED) is 0.550. The summed E-state index contributed by atoms with van der Waals surface area (Å²) in [5.41, 5.74) is 0.558. The van der Waals surface area contributed by atoms with E-state index in [4.69, 9.17) is 9.47 Å². The van der Waals surface area contributed by atoms with Crippen molar-refractivity contribution in [2.75, 3.05) is 32.8 Å². The van der Waals surface area contributed by atoms with Gasteiger partial charge >= 0.3 is 12.1 Å². The molecule has 0 spiro atoms. The maximum atomic E-state index is 12.3. The van der Waals surface area contributed by atoms with Crippen LogP contribution in [0.25, 0.3) is 0 Å². The topological polar surface area (TPSA) is 59.1 Å². The van der Waals surface area contributed by atoms with Gasteiger partial charge in [0.15, 0.2) is 0 Å². The van der Waals surface area contributed by atoms with Gasteiger partial charge in [0.2, 0.25) is 0 Å². The average Bonchev–Trinajstić information content (AvgIpc) is 2.50. The first-order chi connectivity index (χ1) is 11.2. The van der Waals surface area contributed by atoms with Gasteiger partial charge in [-0.1, -0.05) is 19.1 Å². The van der Waals surface area contributed by atoms with Crippen molar-refractivity contribution >= 4 is 12.1 Å². The van der Waals surface area contributed by atoms with E-state index >= 15 is 0 Å². The van der Waals surface area contributed by atoms with Crippen molar-refractivity contribution < 1.29 is 19.1 Å². The summed E-state index contributed by atoms with van der Waals surface area (Å²) >= 11 is 0. The Labute approximate surface area is 145 Å². The summed E-state index contributed by atoms with van der Waals surface area (Å²) in [5.74, 6) is -0.187. The van der Waals surface area contributed by atoms with Crippen LogP contribution in [0.15, 0.2) is 12.2 Å². The third-order valence-electron chi connectivity index (χ3n) is 3.98. The molecular formula is C18H32N2O4. The zero-order chi connectivity index (χ0) is 18.3. The van der Waals surface area contributed by atoms with Crippen molar-refractivity contribution in [3.63, 3.8) is 0 Å². The zero-order valence-corrected chi connectivity index (χ0v) is 15.8. The van der Waals surface area contributed by atoms with Crippen molar-refractivity contribution in [1.82, 2.24) is 9.80 Å². The Hall–Kier alpha value is -1.56. The van der Waals surface area contributed by atoms with Gasteiger partial charge in [-0.2, -0.15) is 0 Å². The van der Waals surface area contributed by atoms with E-state index < -0.39 is 5.60 Å². The molecule has 1 amide bonds. The third-order valence-corrected chi connectivity index (χ3v) is 3.98. The van der Waals surface area contributed by atoms with Crippen molar-refractivity contribution in [3.05, 3.63) is 12.2 Å². The molecule has 0 aromatic carbocycles. The van der Waals surface area contributed by atoms with E-state index in [0.717, 1.165) is 12.0 Å². The van der Waals surface area contributed by atoms with Crippen LogP contribution >= 0.6 is 0 Å². The highest BCUT2D eigenvalue weighted by atomic mass is 16.6. The number of carbonyl (C=O) groups excluding carboxylic acids is 2. The van der Waals surface area contributed by atoms with Gasteiger partial charge in [0, 0.05) is 32.2 Å². The van der Waals surface area contributed by atoms with E-state index in [0.29, 0.717) is 39.2 Å². The lowest BCUT2D eigenvalue weighted by atomic mass is 10.0. The second-order valence-electron chi connectivity index (χ2n) is 7.04. The lowest BCUT2D eigenvalue weighted by molar-refractivity contribution is -0.143. The van der Waals surface area contributed by atoms with E-state index in [1.165, 1.54) is 0 Å². The van der Waals surface area contributed by atoms with Crippen LogP contribution < -0.4 is 0 Å². The first-order valence-electron chi connectivity index (χ1n) is 8.73. The van der Waals surface area contributed by atoms with Gasteiger partial charge in [-0.25, -0.2) is 4.79 Å². The molecule has 1 atom stereocenters. The number of nitrogens with zero attached hydrogens (tertiary/aromatic N) is 2. The van der Waals surface area contributed by atoms with Crippen molar-refractivity contribution in [2.24, 2.45) is 0 Å². The van der Waals surface area contributed by atoms with Crippen LogP contribution in [0.2, 0.25) is 0 Å². The molecule has 6 nitrogen and oxygen atoms in total. The van der Waals surface area contributed by atoms with Gasteiger partial charge in [-0.3, -0.25) is 9.69 Å². The molecule has 1 fully saturated rings. The fraction of sp³-hybridized carbons (Fsp3) is 0.778.